The van der Waals surface area contributed by atoms with Gasteiger partial charge in [-0.05, 0) is 43.2 Å². The summed E-state index contributed by atoms with van der Waals surface area (Å²) in [6.07, 6.45) is 4.42. The van der Waals surface area contributed by atoms with Gasteiger partial charge in [0.2, 0.25) is 5.95 Å². The smallest absolute Gasteiger partial charge is 0.226 e. The van der Waals surface area contributed by atoms with Crippen molar-refractivity contribution < 1.29 is 0 Å². The van der Waals surface area contributed by atoms with Gasteiger partial charge in [-0.2, -0.15) is 4.52 Å². The molecule has 5 aromatic rings. The molecule has 3 aromatic heterocycles. The number of aryl methyl sites for hydroxylation is 1. The molecule has 0 spiro atoms. The summed E-state index contributed by atoms with van der Waals surface area (Å²) in [4.78, 5) is 13.8. The topological polar surface area (TPSA) is 68.0 Å². The van der Waals surface area contributed by atoms with E-state index >= 15 is 0 Å². The number of rotatable bonds is 5. The van der Waals surface area contributed by atoms with Crippen LogP contribution in [-0.2, 0) is 6.42 Å². The fourth-order valence-electron chi connectivity index (χ4n) is 3.36. The number of nitrogens with zero attached hydrogens (tertiary/aromatic N) is 5. The quantitative estimate of drug-likeness (QED) is 0.492. The average Bonchev–Trinajstić information content (AvgIpc) is 3.22. The van der Waals surface area contributed by atoms with E-state index in [1.807, 2.05) is 36.4 Å². The molecule has 0 unspecified atom stereocenters. The molecular formula is C23H20N6. The minimum absolute atomic E-state index is 0.637. The Balaban J connectivity index is 1.52. The van der Waals surface area contributed by atoms with E-state index in [1.54, 1.807) is 16.9 Å². The fourth-order valence-corrected chi connectivity index (χ4v) is 3.36. The van der Waals surface area contributed by atoms with Gasteiger partial charge < -0.3 is 5.32 Å². The predicted octanol–water partition coefficient (Wildman–Crippen LogP) is 4.30. The Labute approximate surface area is 168 Å². The van der Waals surface area contributed by atoms with Gasteiger partial charge in [0, 0.05) is 29.9 Å². The number of pyridine rings is 1. The van der Waals surface area contributed by atoms with Crippen LogP contribution in [0, 0.1) is 6.92 Å². The zero-order valence-corrected chi connectivity index (χ0v) is 16.1. The Morgan fingerprint density at radius 3 is 2.62 bits per heavy atom. The molecule has 29 heavy (non-hydrogen) atoms. The van der Waals surface area contributed by atoms with Crippen molar-refractivity contribution in [3.05, 3.63) is 84.2 Å². The monoisotopic (exact) mass is 380 g/mol. The normalized spacial score (nSPS) is 11.2. The van der Waals surface area contributed by atoms with Crippen LogP contribution >= 0.6 is 0 Å². The van der Waals surface area contributed by atoms with Crippen molar-refractivity contribution in [1.82, 2.24) is 24.6 Å². The molecule has 0 aliphatic rings. The number of fused-ring (bicyclic) bond motifs is 3. The Morgan fingerprint density at radius 1 is 0.931 bits per heavy atom. The Hall–Kier alpha value is -3.80. The summed E-state index contributed by atoms with van der Waals surface area (Å²) >= 11 is 0. The van der Waals surface area contributed by atoms with Gasteiger partial charge in [-0.25, -0.2) is 9.97 Å². The van der Waals surface area contributed by atoms with Crippen LogP contribution in [-0.4, -0.2) is 31.1 Å². The summed E-state index contributed by atoms with van der Waals surface area (Å²) in [5.41, 5.74) is 5.11. The van der Waals surface area contributed by atoms with Crippen molar-refractivity contribution >= 4 is 22.5 Å². The second-order valence-corrected chi connectivity index (χ2v) is 7.03. The zero-order chi connectivity index (χ0) is 19.6. The third-order valence-corrected chi connectivity index (χ3v) is 4.92. The van der Waals surface area contributed by atoms with Crippen molar-refractivity contribution in [2.45, 2.75) is 13.3 Å². The molecule has 0 fully saturated rings. The lowest BCUT2D eigenvalue weighted by atomic mass is 10.1. The largest absolute Gasteiger partial charge is 0.354 e. The SMILES string of the molecule is Cc1ccc(CCNc2nc3ccccc3c3nc(-c4cccnc4)nn23)cc1. The van der Waals surface area contributed by atoms with Gasteiger partial charge in [-0.3, -0.25) is 4.98 Å². The minimum Gasteiger partial charge on any atom is -0.354 e. The minimum atomic E-state index is 0.637. The first-order valence-electron chi connectivity index (χ1n) is 9.63. The Kier molecular flexibility index (Phi) is 4.37. The molecule has 6 heteroatoms. The van der Waals surface area contributed by atoms with Crippen LogP contribution in [0.2, 0.25) is 0 Å². The zero-order valence-electron chi connectivity index (χ0n) is 16.1. The van der Waals surface area contributed by atoms with E-state index in [1.165, 1.54) is 11.1 Å². The number of hydrogen-bond donors (Lipinski definition) is 1. The van der Waals surface area contributed by atoms with E-state index in [9.17, 15) is 0 Å². The molecule has 2 aromatic carbocycles. The highest BCUT2D eigenvalue weighted by Crippen LogP contribution is 2.23. The molecule has 0 amide bonds. The van der Waals surface area contributed by atoms with Gasteiger partial charge in [0.15, 0.2) is 11.5 Å². The van der Waals surface area contributed by atoms with Gasteiger partial charge in [0.05, 0.1) is 5.52 Å². The highest BCUT2D eigenvalue weighted by molar-refractivity contribution is 5.92. The van der Waals surface area contributed by atoms with Crippen molar-refractivity contribution in [3.63, 3.8) is 0 Å². The first-order valence-corrected chi connectivity index (χ1v) is 9.63. The van der Waals surface area contributed by atoms with Crippen LogP contribution in [0.5, 0.6) is 0 Å². The van der Waals surface area contributed by atoms with E-state index in [4.69, 9.17) is 15.1 Å². The third kappa shape index (κ3) is 3.40. The molecule has 5 rings (SSSR count). The summed E-state index contributed by atoms with van der Waals surface area (Å²) in [7, 11) is 0. The second kappa shape index (κ2) is 7.31. The summed E-state index contributed by atoms with van der Waals surface area (Å²) in [5.74, 6) is 1.33. The molecule has 0 aliphatic heterocycles. The van der Waals surface area contributed by atoms with Crippen molar-refractivity contribution in [3.8, 4) is 11.4 Å². The standard InChI is InChI=1S/C23H20N6/c1-16-8-10-17(11-9-16)12-14-25-23-26-20-7-3-2-6-19(20)22-27-21(28-29(22)23)18-5-4-13-24-15-18/h2-11,13,15H,12,14H2,1H3,(H,25,26). The van der Waals surface area contributed by atoms with E-state index in [2.05, 4.69) is 41.5 Å². The Morgan fingerprint density at radius 2 is 1.79 bits per heavy atom. The van der Waals surface area contributed by atoms with Gasteiger partial charge in [-0.15, -0.1) is 5.10 Å². The van der Waals surface area contributed by atoms with Gasteiger partial charge >= 0.3 is 0 Å². The molecule has 3 heterocycles. The predicted molar refractivity (Wildman–Crippen MR) is 115 cm³/mol. The maximum Gasteiger partial charge on any atom is 0.226 e. The number of nitrogens with one attached hydrogen (secondary N) is 1. The molecule has 0 atom stereocenters. The number of benzene rings is 2. The van der Waals surface area contributed by atoms with Crippen LogP contribution in [0.3, 0.4) is 0 Å². The van der Waals surface area contributed by atoms with E-state index in [0.717, 1.165) is 35.1 Å². The molecule has 0 aliphatic carbocycles. The molecule has 6 nitrogen and oxygen atoms in total. The van der Waals surface area contributed by atoms with E-state index in [-0.39, 0.29) is 0 Å². The Bertz CT molecular complexity index is 1280. The van der Waals surface area contributed by atoms with Crippen LogP contribution in [0.1, 0.15) is 11.1 Å². The fraction of sp³-hybridized carbons (Fsp3) is 0.130. The highest BCUT2D eigenvalue weighted by atomic mass is 15.4. The molecule has 0 saturated heterocycles. The summed E-state index contributed by atoms with van der Waals surface area (Å²) in [6, 6.07) is 20.5. The van der Waals surface area contributed by atoms with Gasteiger partial charge in [0.1, 0.15) is 0 Å². The first-order chi connectivity index (χ1) is 14.3. The number of para-hydroxylation sites is 1. The molecule has 0 bridgehead atoms. The van der Waals surface area contributed by atoms with Crippen molar-refractivity contribution in [2.75, 3.05) is 11.9 Å². The number of hydrogen-bond acceptors (Lipinski definition) is 5. The van der Waals surface area contributed by atoms with Gasteiger partial charge in [-0.1, -0.05) is 42.0 Å². The van der Waals surface area contributed by atoms with Crippen molar-refractivity contribution in [1.29, 1.82) is 0 Å². The number of anilines is 1. The lowest BCUT2D eigenvalue weighted by Gasteiger charge is -2.09. The molecule has 1 N–H and O–H groups in total. The van der Waals surface area contributed by atoms with E-state index < -0.39 is 0 Å². The highest BCUT2D eigenvalue weighted by Gasteiger charge is 2.14. The van der Waals surface area contributed by atoms with Gasteiger partial charge in [0.25, 0.3) is 0 Å². The molecular weight excluding hydrogens is 360 g/mol. The lowest BCUT2D eigenvalue weighted by Crippen LogP contribution is -2.11. The maximum absolute atomic E-state index is 4.79. The van der Waals surface area contributed by atoms with Crippen LogP contribution in [0.15, 0.2) is 73.1 Å². The summed E-state index contributed by atoms with van der Waals surface area (Å²) < 4.78 is 1.79. The summed E-state index contributed by atoms with van der Waals surface area (Å²) in [5, 5.41) is 9.12. The van der Waals surface area contributed by atoms with Crippen LogP contribution < -0.4 is 5.32 Å². The van der Waals surface area contributed by atoms with Crippen molar-refractivity contribution in [2.24, 2.45) is 0 Å². The molecule has 0 saturated carbocycles. The number of aromatic nitrogens is 5. The second-order valence-electron chi connectivity index (χ2n) is 7.03. The van der Waals surface area contributed by atoms with Crippen LogP contribution in [0.4, 0.5) is 5.95 Å². The average molecular weight is 380 g/mol. The summed E-state index contributed by atoms with van der Waals surface area (Å²) in [6.45, 7) is 2.86. The molecule has 142 valence electrons. The lowest BCUT2D eigenvalue weighted by molar-refractivity contribution is 0.906. The third-order valence-electron chi connectivity index (χ3n) is 4.92. The van der Waals surface area contributed by atoms with Crippen LogP contribution in [0.25, 0.3) is 27.9 Å². The first kappa shape index (κ1) is 17.3. The van der Waals surface area contributed by atoms with E-state index in [0.29, 0.717) is 11.8 Å². The maximum atomic E-state index is 4.79. The molecule has 0 radical (unpaired) electrons.